The summed E-state index contributed by atoms with van der Waals surface area (Å²) in [6.07, 6.45) is 0. The van der Waals surface area contributed by atoms with Crippen molar-refractivity contribution in [2.24, 2.45) is 0 Å². The molecule has 15 heavy (non-hydrogen) atoms. The standard InChI is InChI=1S/C9H7BrINO3/c1-5-2-7(11)8(12(14)15)3-6(5)9(13)4-10/h2-3H,4H2,1H3. The minimum atomic E-state index is -0.480. The van der Waals surface area contributed by atoms with Gasteiger partial charge in [-0.15, -0.1) is 0 Å². The summed E-state index contributed by atoms with van der Waals surface area (Å²) in [7, 11) is 0. The van der Waals surface area contributed by atoms with Crippen LogP contribution in [0.5, 0.6) is 0 Å². The Hall–Kier alpha value is -0.500. The van der Waals surface area contributed by atoms with Crippen molar-refractivity contribution < 1.29 is 9.72 Å². The lowest BCUT2D eigenvalue weighted by molar-refractivity contribution is -0.385. The fraction of sp³-hybridized carbons (Fsp3) is 0.222. The number of nitro groups is 1. The Kier molecular flexibility index (Phi) is 4.21. The van der Waals surface area contributed by atoms with Gasteiger partial charge in [0.2, 0.25) is 0 Å². The zero-order chi connectivity index (χ0) is 11.6. The zero-order valence-electron chi connectivity index (χ0n) is 7.79. The Labute approximate surface area is 108 Å². The van der Waals surface area contributed by atoms with E-state index in [2.05, 4.69) is 15.9 Å². The Morgan fingerprint density at radius 2 is 2.20 bits per heavy atom. The molecule has 0 saturated heterocycles. The first-order chi connectivity index (χ1) is 6.97. The maximum absolute atomic E-state index is 11.4. The number of Topliss-reactive ketones (excluding diaryl/α,β-unsaturated/α-hetero) is 1. The lowest BCUT2D eigenvalue weighted by Gasteiger charge is -2.04. The monoisotopic (exact) mass is 383 g/mol. The van der Waals surface area contributed by atoms with Gasteiger partial charge < -0.3 is 0 Å². The van der Waals surface area contributed by atoms with E-state index in [1.807, 2.05) is 22.6 Å². The van der Waals surface area contributed by atoms with E-state index in [0.717, 1.165) is 5.56 Å². The molecule has 1 aromatic rings. The van der Waals surface area contributed by atoms with Crippen LogP contribution in [0.3, 0.4) is 0 Å². The van der Waals surface area contributed by atoms with Gasteiger partial charge in [-0.2, -0.15) is 0 Å². The molecule has 0 fully saturated rings. The molecule has 0 radical (unpaired) electrons. The van der Waals surface area contributed by atoms with Crippen molar-refractivity contribution in [2.45, 2.75) is 6.92 Å². The first-order valence-corrected chi connectivity index (χ1v) is 6.21. The first-order valence-electron chi connectivity index (χ1n) is 4.01. The molecular formula is C9H7BrINO3. The zero-order valence-corrected chi connectivity index (χ0v) is 11.5. The second kappa shape index (κ2) is 5.02. The highest BCUT2D eigenvalue weighted by molar-refractivity contribution is 14.1. The molecule has 0 heterocycles. The van der Waals surface area contributed by atoms with Crippen LogP contribution in [0.15, 0.2) is 12.1 Å². The second-order valence-corrected chi connectivity index (χ2v) is 4.66. The lowest BCUT2D eigenvalue weighted by Crippen LogP contribution is -2.05. The van der Waals surface area contributed by atoms with Crippen molar-refractivity contribution in [3.05, 3.63) is 36.9 Å². The molecule has 0 aromatic heterocycles. The van der Waals surface area contributed by atoms with E-state index in [4.69, 9.17) is 0 Å². The second-order valence-electron chi connectivity index (χ2n) is 2.93. The molecule has 1 aromatic carbocycles. The predicted molar refractivity (Wildman–Crippen MR) is 68.7 cm³/mol. The molecule has 4 nitrogen and oxygen atoms in total. The van der Waals surface area contributed by atoms with E-state index < -0.39 is 4.92 Å². The number of hydrogen-bond donors (Lipinski definition) is 0. The van der Waals surface area contributed by atoms with Crippen LogP contribution in [0.25, 0.3) is 0 Å². The van der Waals surface area contributed by atoms with Crippen LogP contribution in [0.1, 0.15) is 15.9 Å². The quantitative estimate of drug-likeness (QED) is 0.265. The molecule has 6 heteroatoms. The first kappa shape index (κ1) is 12.6. The Morgan fingerprint density at radius 3 is 2.67 bits per heavy atom. The number of aryl methyl sites for hydroxylation is 1. The van der Waals surface area contributed by atoms with Gasteiger partial charge in [0.15, 0.2) is 5.78 Å². The average Bonchev–Trinajstić information content (AvgIpc) is 2.16. The van der Waals surface area contributed by atoms with Crippen LogP contribution in [0.2, 0.25) is 0 Å². The fourth-order valence-corrected chi connectivity index (χ4v) is 2.30. The molecule has 0 aliphatic heterocycles. The van der Waals surface area contributed by atoms with Crippen molar-refractivity contribution in [1.82, 2.24) is 0 Å². The Morgan fingerprint density at radius 1 is 1.60 bits per heavy atom. The van der Waals surface area contributed by atoms with Gasteiger partial charge in [-0.3, -0.25) is 14.9 Å². The highest BCUT2D eigenvalue weighted by Crippen LogP contribution is 2.25. The van der Waals surface area contributed by atoms with Crippen molar-refractivity contribution in [3.63, 3.8) is 0 Å². The van der Waals surface area contributed by atoms with Gasteiger partial charge in [-0.05, 0) is 41.1 Å². The third-order valence-electron chi connectivity index (χ3n) is 1.91. The molecule has 1 rings (SSSR count). The summed E-state index contributed by atoms with van der Waals surface area (Å²) in [5, 5.41) is 10.8. The molecule has 0 atom stereocenters. The maximum atomic E-state index is 11.4. The third kappa shape index (κ3) is 2.75. The largest absolute Gasteiger partial charge is 0.293 e. The number of hydrogen-bond acceptors (Lipinski definition) is 3. The molecule has 0 saturated carbocycles. The summed E-state index contributed by atoms with van der Waals surface area (Å²) in [6.45, 7) is 1.77. The van der Waals surface area contributed by atoms with Crippen LogP contribution >= 0.6 is 38.5 Å². The topological polar surface area (TPSA) is 60.2 Å². The number of rotatable bonds is 3. The third-order valence-corrected chi connectivity index (χ3v) is 3.29. The van der Waals surface area contributed by atoms with E-state index in [0.29, 0.717) is 9.13 Å². The molecule has 0 aliphatic carbocycles. The minimum absolute atomic E-state index is 0.0227. The van der Waals surface area contributed by atoms with E-state index in [-0.39, 0.29) is 16.8 Å². The molecule has 0 spiro atoms. The van der Waals surface area contributed by atoms with E-state index in [9.17, 15) is 14.9 Å². The number of nitrogens with zero attached hydrogens (tertiary/aromatic N) is 1. The van der Waals surface area contributed by atoms with Gasteiger partial charge in [0.25, 0.3) is 5.69 Å². The van der Waals surface area contributed by atoms with Crippen LogP contribution in [-0.2, 0) is 0 Å². The number of benzene rings is 1. The van der Waals surface area contributed by atoms with Gasteiger partial charge in [-0.25, -0.2) is 0 Å². The average molecular weight is 384 g/mol. The van der Waals surface area contributed by atoms with E-state index in [1.165, 1.54) is 6.07 Å². The van der Waals surface area contributed by atoms with Crippen molar-refractivity contribution >= 4 is 50.0 Å². The molecule has 0 N–H and O–H groups in total. The Balaban J connectivity index is 3.36. The number of halogens is 2. The molecule has 0 unspecified atom stereocenters. The highest BCUT2D eigenvalue weighted by Gasteiger charge is 2.17. The summed E-state index contributed by atoms with van der Waals surface area (Å²) in [5.74, 6) is -0.146. The molecule has 80 valence electrons. The SMILES string of the molecule is Cc1cc(I)c([N+](=O)[O-])cc1C(=O)CBr. The van der Waals surface area contributed by atoms with Crippen LogP contribution in [0.4, 0.5) is 5.69 Å². The molecular weight excluding hydrogens is 377 g/mol. The van der Waals surface area contributed by atoms with Gasteiger partial charge in [-0.1, -0.05) is 15.9 Å². The van der Waals surface area contributed by atoms with Crippen molar-refractivity contribution in [3.8, 4) is 0 Å². The fourth-order valence-electron chi connectivity index (χ4n) is 1.17. The summed E-state index contributed by atoms with van der Waals surface area (Å²) in [6, 6.07) is 2.98. The number of alkyl halides is 1. The molecule has 0 bridgehead atoms. The van der Waals surface area contributed by atoms with Gasteiger partial charge in [0, 0.05) is 11.6 Å². The number of ketones is 1. The lowest BCUT2D eigenvalue weighted by atomic mass is 10.1. The minimum Gasteiger partial charge on any atom is -0.293 e. The van der Waals surface area contributed by atoms with E-state index >= 15 is 0 Å². The van der Waals surface area contributed by atoms with Crippen molar-refractivity contribution in [1.29, 1.82) is 0 Å². The summed E-state index contributed by atoms with van der Waals surface area (Å²) >= 11 is 4.93. The molecule has 0 aliphatic rings. The van der Waals surface area contributed by atoms with Crippen LogP contribution in [-0.4, -0.2) is 16.0 Å². The van der Waals surface area contributed by atoms with Crippen molar-refractivity contribution in [2.75, 3.05) is 5.33 Å². The predicted octanol–water partition coefficient (Wildman–Crippen LogP) is 3.09. The maximum Gasteiger partial charge on any atom is 0.283 e. The van der Waals surface area contributed by atoms with Gasteiger partial charge >= 0.3 is 0 Å². The number of carbonyl (C=O) groups excluding carboxylic acids is 1. The van der Waals surface area contributed by atoms with Crippen LogP contribution in [0, 0.1) is 20.6 Å². The Bertz CT molecular complexity index is 434. The van der Waals surface area contributed by atoms with Crippen LogP contribution < -0.4 is 0 Å². The summed E-state index contributed by atoms with van der Waals surface area (Å²) in [5.41, 5.74) is 1.14. The number of carbonyl (C=O) groups is 1. The number of nitro benzene ring substituents is 1. The van der Waals surface area contributed by atoms with E-state index in [1.54, 1.807) is 13.0 Å². The normalized spacial score (nSPS) is 10.1. The smallest absolute Gasteiger partial charge is 0.283 e. The summed E-state index contributed by atoms with van der Waals surface area (Å²) < 4.78 is 0.543. The summed E-state index contributed by atoms with van der Waals surface area (Å²) in [4.78, 5) is 21.6. The highest BCUT2D eigenvalue weighted by atomic mass is 127. The van der Waals surface area contributed by atoms with Gasteiger partial charge in [0.1, 0.15) is 0 Å². The van der Waals surface area contributed by atoms with Gasteiger partial charge in [0.05, 0.1) is 13.8 Å². The molecule has 0 amide bonds.